The van der Waals surface area contributed by atoms with E-state index in [1.807, 2.05) is 12.1 Å². The molecular weight excluding hydrogens is 376 g/mol. The van der Waals surface area contributed by atoms with Crippen LogP contribution in [-0.2, 0) is 14.3 Å². The molecule has 1 heterocycles. The minimum atomic E-state index is -1.05. The number of aromatic hydroxyl groups is 1. The van der Waals surface area contributed by atoms with Crippen molar-refractivity contribution >= 4 is 23.3 Å². The number of benzene rings is 2. The number of hydrogen-bond acceptors (Lipinski definition) is 7. The monoisotopic (exact) mass is 400 g/mol. The molecule has 1 fully saturated rings. The van der Waals surface area contributed by atoms with Crippen LogP contribution in [0.1, 0.15) is 17.3 Å². The van der Waals surface area contributed by atoms with Gasteiger partial charge in [-0.1, -0.05) is 0 Å². The van der Waals surface area contributed by atoms with E-state index in [0.717, 1.165) is 18.8 Å². The van der Waals surface area contributed by atoms with E-state index in [2.05, 4.69) is 10.2 Å². The van der Waals surface area contributed by atoms with Gasteiger partial charge in [-0.2, -0.15) is 0 Å². The van der Waals surface area contributed by atoms with Gasteiger partial charge < -0.3 is 29.5 Å². The van der Waals surface area contributed by atoms with Crippen LogP contribution in [0.4, 0.5) is 11.4 Å². The molecule has 1 atom stereocenters. The summed E-state index contributed by atoms with van der Waals surface area (Å²) in [6, 6.07) is 11.6. The van der Waals surface area contributed by atoms with Gasteiger partial charge in [-0.3, -0.25) is 4.79 Å². The van der Waals surface area contributed by atoms with E-state index in [9.17, 15) is 14.7 Å². The lowest BCUT2D eigenvalue weighted by atomic mass is 10.2. The molecule has 0 saturated carbocycles. The number of phenols is 1. The molecule has 2 aromatic carbocycles. The van der Waals surface area contributed by atoms with Gasteiger partial charge in [0.25, 0.3) is 5.91 Å². The van der Waals surface area contributed by atoms with Crippen LogP contribution in [0, 0.1) is 0 Å². The van der Waals surface area contributed by atoms with Gasteiger partial charge in [-0.05, 0) is 49.4 Å². The highest BCUT2D eigenvalue weighted by atomic mass is 16.5. The molecule has 0 spiro atoms. The Kier molecular flexibility index (Phi) is 6.56. The number of phenolic OH excluding ortho intramolecular Hbond substituents is 1. The Bertz CT molecular complexity index is 862. The van der Waals surface area contributed by atoms with Gasteiger partial charge in [-0.15, -0.1) is 0 Å². The molecular formula is C21H24N2O6. The van der Waals surface area contributed by atoms with Crippen molar-refractivity contribution in [2.75, 3.05) is 43.6 Å². The number of hydrogen-bond donors (Lipinski definition) is 2. The summed E-state index contributed by atoms with van der Waals surface area (Å²) < 4.78 is 15.6. The zero-order chi connectivity index (χ0) is 20.8. The van der Waals surface area contributed by atoms with Crippen molar-refractivity contribution in [1.29, 1.82) is 0 Å². The molecule has 1 saturated heterocycles. The summed E-state index contributed by atoms with van der Waals surface area (Å²) in [7, 11) is 1.45. The Morgan fingerprint density at radius 3 is 2.48 bits per heavy atom. The third-order valence-electron chi connectivity index (χ3n) is 4.59. The van der Waals surface area contributed by atoms with Crippen LogP contribution in [-0.4, -0.2) is 56.5 Å². The summed E-state index contributed by atoms with van der Waals surface area (Å²) in [6.07, 6.45) is -1.05. The molecule has 0 bridgehead atoms. The summed E-state index contributed by atoms with van der Waals surface area (Å²) in [6.45, 7) is 4.52. The van der Waals surface area contributed by atoms with E-state index in [0.29, 0.717) is 24.7 Å². The molecule has 2 aromatic rings. The van der Waals surface area contributed by atoms with Crippen LogP contribution < -0.4 is 15.0 Å². The first kappa shape index (κ1) is 20.5. The molecule has 1 aliphatic heterocycles. The van der Waals surface area contributed by atoms with Crippen molar-refractivity contribution in [2.24, 2.45) is 0 Å². The standard InChI is InChI=1S/C21H24N2O6/c1-14(29-21(26)18-13-17(27-2)7-8-19(18)24)20(25)22-15-3-5-16(6-4-15)23-9-11-28-12-10-23/h3-8,13-14,24H,9-12H2,1-2H3,(H,22,25)/t14-/m1/s1. The highest BCUT2D eigenvalue weighted by molar-refractivity contribution is 5.98. The van der Waals surface area contributed by atoms with E-state index in [4.69, 9.17) is 14.2 Å². The molecule has 1 aliphatic rings. The second-order valence-corrected chi connectivity index (χ2v) is 6.57. The second kappa shape index (κ2) is 9.29. The number of nitrogens with one attached hydrogen (secondary N) is 1. The number of nitrogens with zero attached hydrogens (tertiary/aromatic N) is 1. The number of carbonyl (C=O) groups excluding carboxylic acids is 2. The van der Waals surface area contributed by atoms with Crippen LogP contribution in [0.15, 0.2) is 42.5 Å². The van der Waals surface area contributed by atoms with E-state index >= 15 is 0 Å². The molecule has 0 aliphatic carbocycles. The summed E-state index contributed by atoms with van der Waals surface area (Å²) in [5, 5.41) is 12.6. The predicted molar refractivity (Wildman–Crippen MR) is 108 cm³/mol. The quantitative estimate of drug-likeness (QED) is 0.719. The fourth-order valence-corrected chi connectivity index (χ4v) is 2.90. The molecule has 8 heteroatoms. The zero-order valence-corrected chi connectivity index (χ0v) is 16.4. The first-order valence-electron chi connectivity index (χ1n) is 9.29. The fraction of sp³-hybridized carbons (Fsp3) is 0.333. The normalized spacial score (nSPS) is 14.8. The van der Waals surface area contributed by atoms with Gasteiger partial charge in [0.1, 0.15) is 17.1 Å². The van der Waals surface area contributed by atoms with E-state index in [-0.39, 0.29) is 11.3 Å². The zero-order valence-electron chi connectivity index (χ0n) is 16.4. The summed E-state index contributed by atoms with van der Waals surface area (Å²) in [5.74, 6) is -1.14. The lowest BCUT2D eigenvalue weighted by molar-refractivity contribution is -0.123. The molecule has 29 heavy (non-hydrogen) atoms. The van der Waals surface area contributed by atoms with Crippen molar-refractivity contribution < 1.29 is 28.9 Å². The number of carbonyl (C=O) groups is 2. The van der Waals surface area contributed by atoms with Gasteiger partial charge >= 0.3 is 5.97 Å². The maximum absolute atomic E-state index is 12.4. The van der Waals surface area contributed by atoms with Crippen LogP contribution in [0.5, 0.6) is 11.5 Å². The van der Waals surface area contributed by atoms with E-state index in [1.54, 1.807) is 12.1 Å². The Hall–Kier alpha value is -3.26. The summed E-state index contributed by atoms with van der Waals surface area (Å²) in [5.41, 5.74) is 1.58. The summed E-state index contributed by atoms with van der Waals surface area (Å²) in [4.78, 5) is 26.9. The van der Waals surface area contributed by atoms with Gasteiger partial charge in [0.05, 0.1) is 20.3 Å². The first-order chi connectivity index (χ1) is 14.0. The van der Waals surface area contributed by atoms with E-state index in [1.165, 1.54) is 32.2 Å². The maximum Gasteiger partial charge on any atom is 0.342 e. The Morgan fingerprint density at radius 2 is 1.83 bits per heavy atom. The lowest BCUT2D eigenvalue weighted by Crippen LogP contribution is -2.36. The van der Waals surface area contributed by atoms with Gasteiger partial charge in [0.15, 0.2) is 6.10 Å². The summed E-state index contributed by atoms with van der Waals surface area (Å²) >= 11 is 0. The minimum absolute atomic E-state index is 0.0705. The molecule has 0 unspecified atom stereocenters. The van der Waals surface area contributed by atoms with Crippen LogP contribution in [0.2, 0.25) is 0 Å². The highest BCUT2D eigenvalue weighted by Gasteiger charge is 2.22. The molecule has 2 N–H and O–H groups in total. The molecule has 1 amide bonds. The molecule has 3 rings (SSSR count). The molecule has 0 aromatic heterocycles. The van der Waals surface area contributed by atoms with Crippen LogP contribution in [0.3, 0.4) is 0 Å². The largest absolute Gasteiger partial charge is 0.507 e. The number of anilines is 2. The average Bonchev–Trinajstić information content (AvgIpc) is 2.75. The van der Waals surface area contributed by atoms with Crippen molar-refractivity contribution in [1.82, 2.24) is 0 Å². The number of rotatable bonds is 6. The SMILES string of the molecule is COc1ccc(O)c(C(=O)O[C@H](C)C(=O)Nc2ccc(N3CCOCC3)cc2)c1. The first-order valence-corrected chi connectivity index (χ1v) is 9.29. The minimum Gasteiger partial charge on any atom is -0.507 e. The van der Waals surface area contributed by atoms with Crippen molar-refractivity contribution in [3.8, 4) is 11.5 Å². The number of morpholine rings is 1. The number of methoxy groups -OCH3 is 1. The third kappa shape index (κ3) is 5.17. The molecule has 154 valence electrons. The van der Waals surface area contributed by atoms with Gasteiger partial charge in [0, 0.05) is 24.5 Å². The molecule has 8 nitrogen and oxygen atoms in total. The average molecular weight is 400 g/mol. The fourth-order valence-electron chi connectivity index (χ4n) is 2.90. The smallest absolute Gasteiger partial charge is 0.342 e. The predicted octanol–water partition coefficient (Wildman–Crippen LogP) is 2.42. The Balaban J connectivity index is 1.58. The van der Waals surface area contributed by atoms with E-state index < -0.39 is 18.0 Å². The van der Waals surface area contributed by atoms with Crippen molar-refractivity contribution in [2.45, 2.75) is 13.0 Å². The second-order valence-electron chi connectivity index (χ2n) is 6.57. The van der Waals surface area contributed by atoms with Crippen LogP contribution in [0.25, 0.3) is 0 Å². The highest BCUT2D eigenvalue weighted by Crippen LogP contribution is 2.24. The number of ether oxygens (including phenoxy) is 3. The topological polar surface area (TPSA) is 97.3 Å². The third-order valence-corrected chi connectivity index (χ3v) is 4.59. The van der Waals surface area contributed by atoms with Gasteiger partial charge in [-0.25, -0.2) is 4.79 Å². The number of esters is 1. The Morgan fingerprint density at radius 1 is 1.14 bits per heavy atom. The van der Waals surface area contributed by atoms with Crippen LogP contribution >= 0.6 is 0 Å². The lowest BCUT2D eigenvalue weighted by Gasteiger charge is -2.28. The maximum atomic E-state index is 12.4. The Labute approximate surface area is 169 Å². The molecule has 0 radical (unpaired) electrons. The van der Waals surface area contributed by atoms with Crippen molar-refractivity contribution in [3.63, 3.8) is 0 Å². The van der Waals surface area contributed by atoms with Crippen molar-refractivity contribution in [3.05, 3.63) is 48.0 Å². The van der Waals surface area contributed by atoms with Gasteiger partial charge in [0.2, 0.25) is 0 Å². The number of amides is 1.